The molecule has 4 rings (SSSR count). The molecule has 1 aromatic heterocycles. The van der Waals surface area contributed by atoms with E-state index in [4.69, 9.17) is 24.8 Å². The first-order valence-corrected chi connectivity index (χ1v) is 11.0. The standard InChI is InChI=1S/C27H28N2O2.H2NO3/c1-21-28-17-18-29(21)27(24-7-5-4-6-8-24,19-22-9-13-25(30-2)14-10-22)20-23-11-15-26(31-3)16-12-23;2-1(3)4/h4-18H,19-20H2,1-3H3;(H2,2,3,4)/q;+1. The third-order valence-corrected chi connectivity index (χ3v) is 5.91. The van der Waals surface area contributed by atoms with Gasteiger partial charge in [-0.25, -0.2) is 15.4 Å². The predicted octanol–water partition coefficient (Wildman–Crippen LogP) is 4.98. The van der Waals surface area contributed by atoms with Crippen molar-refractivity contribution < 1.29 is 25.0 Å². The molecule has 8 heteroatoms. The molecule has 0 unspecified atom stereocenters. The van der Waals surface area contributed by atoms with E-state index in [0.29, 0.717) is 0 Å². The molecule has 35 heavy (non-hydrogen) atoms. The monoisotopic (exact) mass is 476 g/mol. The van der Waals surface area contributed by atoms with Crippen LogP contribution in [0.25, 0.3) is 0 Å². The summed E-state index contributed by atoms with van der Waals surface area (Å²) in [5.41, 5.74) is 3.41. The summed E-state index contributed by atoms with van der Waals surface area (Å²) in [5, 5.41) is 12.5. The highest BCUT2D eigenvalue weighted by Crippen LogP contribution is 2.36. The van der Waals surface area contributed by atoms with Gasteiger partial charge in [0, 0.05) is 25.2 Å². The van der Waals surface area contributed by atoms with Crippen molar-refractivity contribution in [2.45, 2.75) is 25.3 Å². The normalized spacial score (nSPS) is 10.7. The molecule has 0 amide bonds. The molecule has 0 fully saturated rings. The second kappa shape index (κ2) is 11.7. The molecule has 0 saturated heterocycles. The molecule has 0 radical (unpaired) electrons. The Kier molecular flexibility index (Phi) is 8.45. The summed E-state index contributed by atoms with van der Waals surface area (Å²) in [5.74, 6) is 2.72. The largest absolute Gasteiger partial charge is 0.497 e. The minimum Gasteiger partial charge on any atom is -0.497 e. The molecule has 3 aromatic carbocycles. The molecular weight excluding hydrogens is 446 g/mol. The van der Waals surface area contributed by atoms with Crippen LogP contribution in [0, 0.1) is 11.8 Å². The van der Waals surface area contributed by atoms with Crippen molar-refractivity contribution in [1.29, 1.82) is 0 Å². The lowest BCUT2D eigenvalue weighted by atomic mass is 9.78. The van der Waals surface area contributed by atoms with E-state index in [1.807, 2.05) is 30.5 Å². The van der Waals surface area contributed by atoms with Crippen molar-refractivity contribution in [1.82, 2.24) is 9.55 Å². The third kappa shape index (κ3) is 6.38. The molecule has 0 bridgehead atoms. The summed E-state index contributed by atoms with van der Waals surface area (Å²) in [4.78, 5) is 13.0. The van der Waals surface area contributed by atoms with Gasteiger partial charge in [-0.3, -0.25) is 0 Å². The summed E-state index contributed by atoms with van der Waals surface area (Å²) in [7, 11) is 3.39. The van der Waals surface area contributed by atoms with Gasteiger partial charge in [0.1, 0.15) is 22.2 Å². The summed E-state index contributed by atoms with van der Waals surface area (Å²) in [6, 6.07) is 27.4. The van der Waals surface area contributed by atoms with Crippen LogP contribution in [0.2, 0.25) is 0 Å². The molecule has 8 nitrogen and oxygen atoms in total. The summed E-state index contributed by atoms with van der Waals surface area (Å²) >= 11 is 0. The fraction of sp³-hybridized carbons (Fsp3) is 0.222. The Morgan fingerprint density at radius 3 is 1.66 bits per heavy atom. The van der Waals surface area contributed by atoms with E-state index in [0.717, 1.165) is 30.2 Å². The van der Waals surface area contributed by atoms with Crippen LogP contribution in [0.5, 0.6) is 11.5 Å². The maximum Gasteiger partial charge on any atom is 0.472 e. The van der Waals surface area contributed by atoms with Crippen molar-refractivity contribution in [2.75, 3.05) is 14.2 Å². The van der Waals surface area contributed by atoms with Crippen molar-refractivity contribution in [3.05, 3.63) is 119 Å². The number of aryl methyl sites for hydroxylation is 1. The fourth-order valence-electron chi connectivity index (χ4n) is 4.32. The van der Waals surface area contributed by atoms with Crippen LogP contribution in [-0.4, -0.2) is 39.3 Å². The molecule has 0 aliphatic carbocycles. The average Bonchev–Trinajstić information content (AvgIpc) is 3.31. The Labute approximate surface area is 204 Å². The van der Waals surface area contributed by atoms with E-state index in [2.05, 4.69) is 77.3 Å². The van der Waals surface area contributed by atoms with Crippen LogP contribution in [0.4, 0.5) is 0 Å². The lowest BCUT2D eigenvalue weighted by Gasteiger charge is -2.38. The molecule has 1 heterocycles. The summed E-state index contributed by atoms with van der Waals surface area (Å²) < 4.78 is 13.0. The van der Waals surface area contributed by atoms with Crippen LogP contribution in [0.1, 0.15) is 22.5 Å². The summed E-state index contributed by atoms with van der Waals surface area (Å²) in [6.45, 7) is 2.07. The van der Waals surface area contributed by atoms with Crippen molar-refractivity contribution in [3.8, 4) is 11.5 Å². The average molecular weight is 477 g/mol. The fourth-order valence-corrected chi connectivity index (χ4v) is 4.32. The van der Waals surface area contributed by atoms with Crippen molar-refractivity contribution >= 4 is 0 Å². The number of nitrogens with zero attached hydrogens (tertiary/aromatic N) is 3. The maximum atomic E-state index is 8.47. The van der Waals surface area contributed by atoms with E-state index in [1.54, 1.807) is 14.2 Å². The van der Waals surface area contributed by atoms with E-state index < -0.39 is 5.09 Å². The number of imidazole rings is 1. The van der Waals surface area contributed by atoms with Crippen LogP contribution in [0.15, 0.2) is 91.3 Å². The quantitative estimate of drug-likeness (QED) is 0.348. The van der Waals surface area contributed by atoms with E-state index in [-0.39, 0.29) is 5.54 Å². The first kappa shape index (κ1) is 25.3. The smallest absolute Gasteiger partial charge is 0.472 e. The number of rotatable bonds is 8. The molecule has 0 spiro atoms. The maximum absolute atomic E-state index is 8.47. The zero-order valence-electron chi connectivity index (χ0n) is 20.0. The van der Waals surface area contributed by atoms with Gasteiger partial charge in [0.15, 0.2) is 0 Å². The van der Waals surface area contributed by atoms with Crippen molar-refractivity contribution in [3.63, 3.8) is 0 Å². The Morgan fingerprint density at radius 2 is 1.29 bits per heavy atom. The first-order valence-electron chi connectivity index (χ1n) is 11.0. The lowest BCUT2D eigenvalue weighted by molar-refractivity contribution is -0.969. The molecule has 0 aliphatic heterocycles. The van der Waals surface area contributed by atoms with Gasteiger partial charge in [-0.05, 0) is 47.9 Å². The Hall–Kier alpha value is -4.33. The first-order chi connectivity index (χ1) is 16.9. The molecule has 2 N–H and O–H groups in total. The zero-order valence-corrected chi connectivity index (χ0v) is 20.0. The van der Waals surface area contributed by atoms with Gasteiger partial charge in [0.25, 0.3) is 0 Å². The highest BCUT2D eigenvalue weighted by molar-refractivity contribution is 5.37. The molecule has 182 valence electrons. The minimum absolute atomic E-state index is 0.328. The van der Waals surface area contributed by atoms with Gasteiger partial charge in [0.05, 0.1) is 19.8 Å². The van der Waals surface area contributed by atoms with E-state index in [9.17, 15) is 0 Å². The highest BCUT2D eigenvalue weighted by Gasteiger charge is 2.35. The molecule has 4 aromatic rings. The van der Waals surface area contributed by atoms with Crippen LogP contribution in [0.3, 0.4) is 0 Å². The predicted molar refractivity (Wildman–Crippen MR) is 131 cm³/mol. The number of aromatic nitrogens is 2. The van der Waals surface area contributed by atoms with Gasteiger partial charge in [-0.1, -0.05) is 54.6 Å². The second-order valence-corrected chi connectivity index (χ2v) is 8.04. The Balaban J connectivity index is 0.000000795. The second-order valence-electron chi connectivity index (χ2n) is 8.04. The molecule has 0 aliphatic rings. The topological polar surface area (TPSA) is 96.8 Å². The van der Waals surface area contributed by atoms with Crippen LogP contribution < -0.4 is 9.47 Å². The number of benzene rings is 3. The van der Waals surface area contributed by atoms with Crippen LogP contribution in [-0.2, 0) is 18.4 Å². The zero-order chi connectivity index (χ0) is 25.3. The minimum atomic E-state index is -1.25. The lowest BCUT2D eigenvalue weighted by Crippen LogP contribution is -2.40. The van der Waals surface area contributed by atoms with Crippen molar-refractivity contribution in [2.24, 2.45) is 0 Å². The summed E-state index contributed by atoms with van der Waals surface area (Å²) in [6.07, 6.45) is 5.62. The molecular formula is C27H30N3O5+. The van der Waals surface area contributed by atoms with Gasteiger partial charge in [0.2, 0.25) is 0 Å². The van der Waals surface area contributed by atoms with Gasteiger partial charge in [-0.2, -0.15) is 0 Å². The third-order valence-electron chi connectivity index (χ3n) is 5.91. The number of ether oxygens (including phenoxy) is 2. The van der Waals surface area contributed by atoms with E-state index in [1.165, 1.54) is 16.7 Å². The molecule has 0 atom stereocenters. The van der Waals surface area contributed by atoms with Gasteiger partial charge < -0.3 is 14.0 Å². The Morgan fingerprint density at radius 1 is 0.829 bits per heavy atom. The van der Waals surface area contributed by atoms with Gasteiger partial charge >= 0.3 is 5.09 Å². The van der Waals surface area contributed by atoms with E-state index >= 15 is 0 Å². The van der Waals surface area contributed by atoms with Gasteiger partial charge in [-0.15, -0.1) is 0 Å². The SMILES string of the molecule is COc1ccc(CC(Cc2ccc(OC)cc2)(c2ccccc2)n2ccnc2C)cc1.O=[N+](O)O. The number of methoxy groups -OCH3 is 2. The number of hydrogen-bond donors (Lipinski definition) is 2. The Bertz CT molecular complexity index is 1150. The van der Waals surface area contributed by atoms with Crippen LogP contribution >= 0.6 is 0 Å². The molecule has 0 saturated carbocycles. The highest BCUT2D eigenvalue weighted by atomic mass is 16.9. The number of hydrogen-bond acceptors (Lipinski definition) is 4.